The fourth-order valence-corrected chi connectivity index (χ4v) is 3.94. The van der Waals surface area contributed by atoms with Crippen LogP contribution in [0.2, 0.25) is 0 Å². The van der Waals surface area contributed by atoms with E-state index in [1.54, 1.807) is 13.3 Å². The third kappa shape index (κ3) is 3.31. The molecule has 2 aliphatic heterocycles. The summed E-state index contributed by atoms with van der Waals surface area (Å²) in [6, 6.07) is 13.8. The Morgan fingerprint density at radius 2 is 2.00 bits per heavy atom. The minimum atomic E-state index is -0.453. The lowest BCUT2D eigenvalue weighted by Crippen LogP contribution is -2.45. The zero-order valence-corrected chi connectivity index (χ0v) is 16.9. The Bertz CT molecular complexity index is 1040. The van der Waals surface area contributed by atoms with Crippen molar-refractivity contribution in [3.63, 3.8) is 0 Å². The van der Waals surface area contributed by atoms with Gasteiger partial charge < -0.3 is 20.2 Å². The fraction of sp³-hybridized carbons (Fsp3) is 0.304. The second-order valence-electron chi connectivity index (χ2n) is 7.77. The highest BCUT2D eigenvalue weighted by Crippen LogP contribution is 2.44. The number of aliphatic imine (C=N–C) groups is 1. The quantitative estimate of drug-likeness (QED) is 0.710. The van der Waals surface area contributed by atoms with E-state index in [0.717, 1.165) is 41.1 Å². The molecule has 5 rings (SSSR count). The lowest BCUT2D eigenvalue weighted by Gasteiger charge is -2.26. The Labute approximate surface area is 175 Å². The Morgan fingerprint density at radius 3 is 2.73 bits per heavy atom. The summed E-state index contributed by atoms with van der Waals surface area (Å²) in [4.78, 5) is 23.2. The topological polar surface area (TPSA) is 84.0 Å². The van der Waals surface area contributed by atoms with E-state index >= 15 is 0 Å². The zero-order chi connectivity index (χ0) is 20.7. The summed E-state index contributed by atoms with van der Waals surface area (Å²) in [7, 11) is 1.63. The number of amides is 1. The van der Waals surface area contributed by atoms with Gasteiger partial charge in [0.25, 0.3) is 5.91 Å². The minimum absolute atomic E-state index is 0.146. The highest BCUT2D eigenvalue weighted by molar-refractivity contribution is 6.00. The van der Waals surface area contributed by atoms with Gasteiger partial charge in [0.2, 0.25) is 0 Å². The molecule has 1 amide bonds. The number of anilines is 1. The summed E-state index contributed by atoms with van der Waals surface area (Å²) >= 11 is 0. The summed E-state index contributed by atoms with van der Waals surface area (Å²) < 4.78 is 5.54. The monoisotopic (exact) mass is 404 g/mol. The van der Waals surface area contributed by atoms with Gasteiger partial charge in [-0.2, -0.15) is 0 Å². The van der Waals surface area contributed by atoms with Gasteiger partial charge in [0.05, 0.1) is 24.4 Å². The summed E-state index contributed by atoms with van der Waals surface area (Å²) in [5.74, 6) is 1.65. The van der Waals surface area contributed by atoms with E-state index in [1.165, 1.54) is 0 Å². The van der Waals surface area contributed by atoms with Crippen LogP contribution >= 0.6 is 0 Å². The number of rotatable bonds is 5. The second kappa shape index (κ2) is 7.50. The molecule has 7 heteroatoms. The first kappa shape index (κ1) is 18.7. The van der Waals surface area contributed by atoms with E-state index in [-0.39, 0.29) is 11.9 Å². The molecular weight excluding hydrogens is 380 g/mol. The van der Waals surface area contributed by atoms with Crippen LogP contribution in [-0.4, -0.2) is 31.4 Å². The number of carbonyl (C=O) groups excluding carboxylic acids is 1. The number of benzene rings is 2. The highest BCUT2D eigenvalue weighted by atomic mass is 16.7. The molecule has 2 unspecified atom stereocenters. The molecule has 0 aromatic heterocycles. The van der Waals surface area contributed by atoms with Gasteiger partial charge in [-0.25, -0.2) is 0 Å². The predicted octanol–water partition coefficient (Wildman–Crippen LogP) is 3.52. The molecule has 2 aromatic carbocycles. The summed E-state index contributed by atoms with van der Waals surface area (Å²) in [5.41, 5.74) is 7.21. The molecule has 7 nitrogen and oxygen atoms in total. The first-order valence-electron chi connectivity index (χ1n) is 10.2. The molecule has 1 fully saturated rings. The number of hydrogen-bond donors (Lipinski definition) is 3. The van der Waals surface area contributed by atoms with Crippen molar-refractivity contribution >= 4 is 23.5 Å². The smallest absolute Gasteiger partial charge is 0.254 e. The van der Waals surface area contributed by atoms with Gasteiger partial charge in [-0.05, 0) is 37.5 Å². The van der Waals surface area contributed by atoms with Crippen LogP contribution in [0.1, 0.15) is 19.8 Å². The Balaban J connectivity index is 1.42. The van der Waals surface area contributed by atoms with E-state index < -0.39 is 6.17 Å². The lowest BCUT2D eigenvalue weighted by molar-refractivity contribution is -0.117. The van der Waals surface area contributed by atoms with Crippen molar-refractivity contribution in [2.75, 3.05) is 12.4 Å². The molecule has 3 aliphatic rings. The second-order valence-corrected chi connectivity index (χ2v) is 7.77. The molecule has 30 heavy (non-hydrogen) atoms. The largest absolute Gasteiger partial charge is 0.495 e. The van der Waals surface area contributed by atoms with Crippen molar-refractivity contribution in [1.29, 1.82) is 0 Å². The lowest BCUT2D eigenvalue weighted by atomic mass is 10.0. The molecule has 0 bridgehead atoms. The molecular formula is C23H24N4O3. The van der Waals surface area contributed by atoms with Crippen LogP contribution in [-0.2, 0) is 9.63 Å². The number of methoxy groups -OCH3 is 1. The summed E-state index contributed by atoms with van der Waals surface area (Å²) in [5, 5.41) is 6.39. The number of hydrogen-bond acceptors (Lipinski definition) is 6. The predicted molar refractivity (Wildman–Crippen MR) is 116 cm³/mol. The average Bonchev–Trinajstić information content (AvgIpc) is 3.54. The SMILES string of the molecule is COc1ccc(-c2ccccc2)c2c1NC(NC(=O)C1=C(C3CC3)ONC1C)C=N2. The molecule has 1 saturated carbocycles. The molecule has 0 spiro atoms. The van der Waals surface area contributed by atoms with Crippen LogP contribution in [0.15, 0.2) is 58.8 Å². The van der Waals surface area contributed by atoms with Crippen LogP contribution in [0.25, 0.3) is 11.1 Å². The van der Waals surface area contributed by atoms with Gasteiger partial charge in [-0.3, -0.25) is 9.79 Å². The highest BCUT2D eigenvalue weighted by Gasteiger charge is 2.39. The Morgan fingerprint density at radius 1 is 1.20 bits per heavy atom. The molecule has 2 heterocycles. The van der Waals surface area contributed by atoms with Gasteiger partial charge in [-0.1, -0.05) is 30.3 Å². The number of fused-ring (bicyclic) bond motifs is 1. The van der Waals surface area contributed by atoms with Gasteiger partial charge in [-0.15, -0.1) is 5.48 Å². The molecule has 2 atom stereocenters. The van der Waals surface area contributed by atoms with Crippen molar-refractivity contribution in [2.45, 2.75) is 32.0 Å². The maximum atomic E-state index is 13.0. The van der Waals surface area contributed by atoms with Gasteiger partial charge >= 0.3 is 0 Å². The van der Waals surface area contributed by atoms with Crippen molar-refractivity contribution in [1.82, 2.24) is 10.8 Å². The molecule has 3 N–H and O–H groups in total. The zero-order valence-electron chi connectivity index (χ0n) is 16.9. The van der Waals surface area contributed by atoms with Gasteiger partial charge in [0, 0.05) is 17.7 Å². The van der Waals surface area contributed by atoms with E-state index in [9.17, 15) is 4.79 Å². The van der Waals surface area contributed by atoms with Crippen LogP contribution in [0.5, 0.6) is 5.75 Å². The third-order valence-electron chi connectivity index (χ3n) is 5.62. The van der Waals surface area contributed by atoms with Crippen LogP contribution in [0.4, 0.5) is 11.4 Å². The first-order valence-corrected chi connectivity index (χ1v) is 10.2. The standard InChI is InChI=1S/C23H24N4O3/c1-13-19(22(30-27-13)15-8-9-15)23(28)26-18-12-24-20-16(14-6-4-3-5-7-14)10-11-17(29-2)21(20)25-18/h3-7,10-13,15,18,25,27H,8-9H2,1-2H3,(H,26,28). The van der Waals surface area contributed by atoms with E-state index in [4.69, 9.17) is 9.57 Å². The number of allylic oxidation sites excluding steroid dienone is 1. The minimum Gasteiger partial charge on any atom is -0.495 e. The molecule has 0 saturated heterocycles. The van der Waals surface area contributed by atoms with Crippen molar-refractivity contribution in [3.05, 3.63) is 53.8 Å². The van der Waals surface area contributed by atoms with Crippen LogP contribution in [0, 0.1) is 5.92 Å². The van der Waals surface area contributed by atoms with Crippen molar-refractivity contribution < 1.29 is 14.4 Å². The van der Waals surface area contributed by atoms with Gasteiger partial charge in [0.15, 0.2) is 0 Å². The van der Waals surface area contributed by atoms with Gasteiger partial charge in [0.1, 0.15) is 23.4 Å². The summed E-state index contributed by atoms with van der Waals surface area (Å²) in [6.07, 6.45) is 3.40. The number of nitrogens with one attached hydrogen (secondary N) is 3. The van der Waals surface area contributed by atoms with Crippen LogP contribution in [0.3, 0.4) is 0 Å². The molecule has 154 valence electrons. The van der Waals surface area contributed by atoms with Crippen molar-refractivity contribution in [2.24, 2.45) is 10.9 Å². The molecule has 0 radical (unpaired) electrons. The molecule has 2 aromatic rings. The van der Waals surface area contributed by atoms with Crippen LogP contribution < -0.4 is 20.9 Å². The fourth-order valence-electron chi connectivity index (χ4n) is 3.94. The number of carbonyl (C=O) groups is 1. The number of hydroxylamine groups is 1. The van der Waals surface area contributed by atoms with E-state index in [2.05, 4.69) is 21.1 Å². The van der Waals surface area contributed by atoms with E-state index in [1.807, 2.05) is 49.4 Å². The summed E-state index contributed by atoms with van der Waals surface area (Å²) in [6.45, 7) is 1.93. The first-order chi connectivity index (χ1) is 14.7. The Hall–Kier alpha value is -3.32. The average molecular weight is 404 g/mol. The Kier molecular flexibility index (Phi) is 4.67. The molecule has 1 aliphatic carbocycles. The maximum absolute atomic E-state index is 13.0. The number of ether oxygens (including phenoxy) is 1. The van der Waals surface area contributed by atoms with E-state index in [0.29, 0.717) is 17.2 Å². The van der Waals surface area contributed by atoms with Crippen molar-refractivity contribution in [3.8, 4) is 16.9 Å². The third-order valence-corrected chi connectivity index (χ3v) is 5.62. The normalized spacial score (nSPS) is 22.2. The maximum Gasteiger partial charge on any atom is 0.254 e. The number of nitrogens with zero attached hydrogens (tertiary/aromatic N) is 1.